The van der Waals surface area contributed by atoms with Crippen LogP contribution in [0.4, 0.5) is 0 Å². The molecule has 0 spiro atoms. The van der Waals surface area contributed by atoms with Crippen molar-refractivity contribution < 1.29 is 9.59 Å². The van der Waals surface area contributed by atoms with Crippen LogP contribution in [0.5, 0.6) is 0 Å². The van der Waals surface area contributed by atoms with E-state index in [1.807, 2.05) is 7.05 Å². The van der Waals surface area contributed by atoms with Crippen molar-refractivity contribution in [1.29, 1.82) is 0 Å². The fourth-order valence-corrected chi connectivity index (χ4v) is 2.98. The van der Waals surface area contributed by atoms with Gasteiger partial charge in [-0.05, 0) is 36.7 Å². The van der Waals surface area contributed by atoms with E-state index in [9.17, 15) is 9.59 Å². The molecule has 2 aromatic rings. The zero-order chi connectivity index (χ0) is 17.1. The highest BCUT2D eigenvalue weighted by Gasteiger charge is 2.34. The molecule has 0 radical (unpaired) electrons. The summed E-state index contributed by atoms with van der Waals surface area (Å²) in [4.78, 5) is 28.1. The molecule has 0 N–H and O–H groups in total. The van der Waals surface area contributed by atoms with Gasteiger partial charge in [-0.2, -0.15) is 0 Å². The summed E-state index contributed by atoms with van der Waals surface area (Å²) in [6.45, 7) is 4.01. The van der Waals surface area contributed by atoms with Crippen LogP contribution in [0.3, 0.4) is 0 Å². The fourth-order valence-electron chi connectivity index (χ4n) is 2.98. The normalized spacial score (nSPS) is 13.7. The second-order valence-corrected chi connectivity index (χ2v) is 6.22. The van der Waals surface area contributed by atoms with E-state index in [0.29, 0.717) is 24.2 Å². The zero-order valence-electron chi connectivity index (χ0n) is 14.2. The summed E-state index contributed by atoms with van der Waals surface area (Å²) in [6, 6.07) is 15.6. The molecule has 1 heterocycles. The molecular weight excluding hydrogens is 300 g/mol. The van der Waals surface area contributed by atoms with Crippen molar-refractivity contribution in [3.8, 4) is 0 Å². The maximum absolute atomic E-state index is 12.3. The molecule has 0 bridgehead atoms. The molecule has 1 aliphatic rings. The van der Waals surface area contributed by atoms with Crippen molar-refractivity contribution in [3.63, 3.8) is 0 Å². The van der Waals surface area contributed by atoms with E-state index < -0.39 is 0 Å². The summed E-state index contributed by atoms with van der Waals surface area (Å²) < 4.78 is 0. The Morgan fingerprint density at radius 2 is 1.42 bits per heavy atom. The third kappa shape index (κ3) is 3.24. The van der Waals surface area contributed by atoms with E-state index >= 15 is 0 Å². The number of rotatable bonds is 6. The maximum Gasteiger partial charge on any atom is 0.261 e. The first-order chi connectivity index (χ1) is 11.6. The second-order valence-electron chi connectivity index (χ2n) is 6.22. The zero-order valence-corrected chi connectivity index (χ0v) is 14.2. The molecule has 2 amide bonds. The summed E-state index contributed by atoms with van der Waals surface area (Å²) in [5.74, 6) is -0.368. The van der Waals surface area contributed by atoms with Gasteiger partial charge >= 0.3 is 0 Å². The van der Waals surface area contributed by atoms with Crippen molar-refractivity contribution in [3.05, 3.63) is 70.8 Å². The van der Waals surface area contributed by atoms with Crippen LogP contribution < -0.4 is 0 Å². The molecule has 24 heavy (non-hydrogen) atoms. The average molecular weight is 322 g/mol. The lowest BCUT2D eigenvalue weighted by atomic mass is 10.1. The van der Waals surface area contributed by atoms with Gasteiger partial charge in [-0.15, -0.1) is 0 Å². The molecule has 0 aromatic heterocycles. The highest BCUT2D eigenvalue weighted by Crippen LogP contribution is 2.22. The van der Waals surface area contributed by atoms with Crippen LogP contribution in [0.2, 0.25) is 0 Å². The monoisotopic (exact) mass is 322 g/mol. The minimum atomic E-state index is -0.184. The first-order valence-electron chi connectivity index (χ1n) is 8.31. The first-order valence-corrected chi connectivity index (χ1v) is 8.31. The van der Waals surface area contributed by atoms with Crippen molar-refractivity contribution >= 4 is 11.8 Å². The lowest BCUT2D eigenvalue weighted by Crippen LogP contribution is -2.36. The number of amides is 2. The Labute approximate surface area is 142 Å². The molecule has 3 rings (SSSR count). The smallest absolute Gasteiger partial charge is 0.261 e. The van der Waals surface area contributed by atoms with Crippen LogP contribution in [0.25, 0.3) is 0 Å². The highest BCUT2D eigenvalue weighted by atomic mass is 16.2. The summed E-state index contributed by atoms with van der Waals surface area (Å²) in [7, 11) is 2.01. The third-order valence-corrected chi connectivity index (χ3v) is 4.47. The standard InChI is InChI=1S/C20H22N2O2/c1-3-15-8-10-16(11-9-15)14-21(2)12-13-22-19(23)17-6-4-5-7-18(17)20(22)24/h4-11H,3,12-14H2,1-2H3. The number of fused-ring (bicyclic) bond motifs is 1. The van der Waals surface area contributed by atoms with Gasteiger partial charge in [0.25, 0.3) is 11.8 Å². The van der Waals surface area contributed by atoms with E-state index in [0.717, 1.165) is 13.0 Å². The van der Waals surface area contributed by atoms with Crippen LogP contribution in [0.15, 0.2) is 48.5 Å². The molecule has 0 saturated heterocycles. The molecule has 4 heteroatoms. The maximum atomic E-state index is 12.3. The summed E-state index contributed by atoms with van der Waals surface area (Å²) in [6.07, 6.45) is 1.04. The number of hydrogen-bond acceptors (Lipinski definition) is 3. The Bertz CT molecular complexity index is 717. The van der Waals surface area contributed by atoms with Crippen molar-refractivity contribution in [2.24, 2.45) is 0 Å². The average Bonchev–Trinajstić information content (AvgIpc) is 2.85. The van der Waals surface area contributed by atoms with Crippen LogP contribution in [-0.2, 0) is 13.0 Å². The van der Waals surface area contributed by atoms with E-state index in [4.69, 9.17) is 0 Å². The van der Waals surface area contributed by atoms with Gasteiger partial charge in [0.1, 0.15) is 0 Å². The van der Waals surface area contributed by atoms with Gasteiger partial charge in [0, 0.05) is 19.6 Å². The van der Waals surface area contributed by atoms with Gasteiger partial charge in [0.05, 0.1) is 11.1 Å². The molecule has 0 unspecified atom stereocenters. The number of aryl methyl sites for hydroxylation is 1. The number of carbonyl (C=O) groups excluding carboxylic acids is 2. The Morgan fingerprint density at radius 3 is 1.96 bits per heavy atom. The third-order valence-electron chi connectivity index (χ3n) is 4.47. The van der Waals surface area contributed by atoms with Crippen LogP contribution >= 0.6 is 0 Å². The number of benzene rings is 2. The number of likely N-dealkylation sites (N-methyl/N-ethyl adjacent to an activating group) is 1. The topological polar surface area (TPSA) is 40.6 Å². The second kappa shape index (κ2) is 6.97. The number of nitrogens with zero attached hydrogens (tertiary/aromatic N) is 2. The minimum absolute atomic E-state index is 0.184. The highest BCUT2D eigenvalue weighted by molar-refractivity contribution is 6.21. The number of carbonyl (C=O) groups is 2. The molecule has 4 nitrogen and oxygen atoms in total. The predicted octanol–water partition coefficient (Wildman–Crippen LogP) is 2.98. The van der Waals surface area contributed by atoms with Crippen molar-refractivity contribution in [2.45, 2.75) is 19.9 Å². The van der Waals surface area contributed by atoms with Crippen molar-refractivity contribution in [2.75, 3.05) is 20.1 Å². The molecule has 0 saturated carbocycles. The van der Waals surface area contributed by atoms with E-state index in [1.54, 1.807) is 24.3 Å². The number of hydrogen-bond donors (Lipinski definition) is 0. The van der Waals surface area contributed by atoms with Crippen molar-refractivity contribution in [1.82, 2.24) is 9.80 Å². The van der Waals surface area contributed by atoms with E-state index in [-0.39, 0.29) is 11.8 Å². The summed E-state index contributed by atoms with van der Waals surface area (Å²) in [5.41, 5.74) is 3.59. The molecule has 2 aromatic carbocycles. The Balaban J connectivity index is 1.58. The lowest BCUT2D eigenvalue weighted by Gasteiger charge is -2.20. The molecule has 124 valence electrons. The molecule has 1 aliphatic heterocycles. The van der Waals surface area contributed by atoms with Crippen LogP contribution in [0.1, 0.15) is 38.8 Å². The van der Waals surface area contributed by atoms with Gasteiger partial charge in [-0.25, -0.2) is 0 Å². The van der Waals surface area contributed by atoms with Gasteiger partial charge in [0.15, 0.2) is 0 Å². The van der Waals surface area contributed by atoms with Crippen LogP contribution in [-0.4, -0.2) is 41.8 Å². The van der Waals surface area contributed by atoms with Crippen LogP contribution in [0, 0.1) is 0 Å². The van der Waals surface area contributed by atoms with E-state index in [2.05, 4.69) is 36.1 Å². The fraction of sp³-hybridized carbons (Fsp3) is 0.300. The first kappa shape index (κ1) is 16.4. The molecule has 0 fully saturated rings. The SMILES string of the molecule is CCc1ccc(CN(C)CCN2C(=O)c3ccccc3C2=O)cc1. The summed E-state index contributed by atoms with van der Waals surface area (Å²) in [5, 5.41) is 0. The summed E-state index contributed by atoms with van der Waals surface area (Å²) >= 11 is 0. The molecule has 0 atom stereocenters. The molecule has 0 aliphatic carbocycles. The lowest BCUT2D eigenvalue weighted by molar-refractivity contribution is 0.0640. The van der Waals surface area contributed by atoms with Gasteiger partial charge < -0.3 is 4.90 Å². The molecular formula is C20H22N2O2. The quantitative estimate of drug-likeness (QED) is 0.768. The Hall–Kier alpha value is -2.46. The largest absolute Gasteiger partial charge is 0.300 e. The number of imide groups is 1. The van der Waals surface area contributed by atoms with Gasteiger partial charge in [0.2, 0.25) is 0 Å². The van der Waals surface area contributed by atoms with Gasteiger partial charge in [-0.1, -0.05) is 43.3 Å². The Kier molecular flexibility index (Phi) is 4.76. The van der Waals surface area contributed by atoms with Gasteiger partial charge in [-0.3, -0.25) is 14.5 Å². The Morgan fingerprint density at radius 1 is 0.875 bits per heavy atom. The van der Waals surface area contributed by atoms with E-state index in [1.165, 1.54) is 16.0 Å². The minimum Gasteiger partial charge on any atom is -0.300 e. The predicted molar refractivity (Wildman–Crippen MR) is 94.0 cm³/mol.